The van der Waals surface area contributed by atoms with Gasteiger partial charge in [0.15, 0.2) is 0 Å². The van der Waals surface area contributed by atoms with E-state index in [0.29, 0.717) is 6.42 Å². The van der Waals surface area contributed by atoms with Crippen molar-refractivity contribution in [1.82, 2.24) is 0 Å². The Kier molecular flexibility index (Phi) is 9.99. The van der Waals surface area contributed by atoms with Crippen molar-refractivity contribution < 1.29 is 22.8 Å². The molecule has 3 nitrogen and oxygen atoms in total. The predicted molar refractivity (Wildman–Crippen MR) is 97.3 cm³/mol. The summed E-state index contributed by atoms with van der Waals surface area (Å²) in [6.07, 6.45) is 5.33. The van der Waals surface area contributed by atoms with Crippen LogP contribution in [0.25, 0.3) is 0 Å². The molecule has 26 heavy (non-hydrogen) atoms. The van der Waals surface area contributed by atoms with Crippen molar-refractivity contribution in [3.8, 4) is 0 Å². The molecule has 0 bridgehead atoms. The Morgan fingerprint density at radius 1 is 0.885 bits per heavy atom. The molecule has 1 amide bonds. The van der Waals surface area contributed by atoms with Crippen LogP contribution in [0.1, 0.15) is 81.5 Å². The van der Waals surface area contributed by atoms with Gasteiger partial charge in [-0.05, 0) is 18.6 Å². The first-order valence-corrected chi connectivity index (χ1v) is 9.36. The fourth-order valence-corrected chi connectivity index (χ4v) is 2.75. The Morgan fingerprint density at radius 2 is 1.42 bits per heavy atom. The molecule has 0 fully saturated rings. The molecule has 0 saturated carbocycles. The van der Waals surface area contributed by atoms with E-state index in [0.717, 1.165) is 25.3 Å². The molecule has 0 unspecified atom stereocenters. The van der Waals surface area contributed by atoms with Crippen LogP contribution in [-0.4, -0.2) is 17.9 Å². The van der Waals surface area contributed by atoms with Crippen LogP contribution in [0, 0.1) is 0 Å². The number of halogens is 3. The first-order chi connectivity index (χ1) is 12.4. The number of carbonyl (C=O) groups is 2. The van der Waals surface area contributed by atoms with Gasteiger partial charge >= 0.3 is 6.18 Å². The van der Waals surface area contributed by atoms with Crippen LogP contribution in [0.3, 0.4) is 0 Å². The van der Waals surface area contributed by atoms with Crippen LogP contribution >= 0.6 is 0 Å². The first kappa shape index (κ1) is 22.2. The SMILES string of the molecule is CCCCCCCCCCCC(=O)Nc1ccccc1C(=O)C(F)(F)F. The van der Waals surface area contributed by atoms with E-state index in [1.54, 1.807) is 0 Å². The molecule has 0 aliphatic heterocycles. The Hall–Kier alpha value is -1.85. The molecule has 0 atom stereocenters. The van der Waals surface area contributed by atoms with Crippen LogP contribution in [0.5, 0.6) is 0 Å². The average Bonchev–Trinajstić information content (AvgIpc) is 2.59. The molecule has 1 N–H and O–H groups in total. The molecule has 1 aromatic carbocycles. The lowest BCUT2D eigenvalue weighted by molar-refractivity contribution is -0.116. The summed E-state index contributed by atoms with van der Waals surface area (Å²) >= 11 is 0. The van der Waals surface area contributed by atoms with Crippen molar-refractivity contribution in [2.45, 2.75) is 77.3 Å². The summed E-state index contributed by atoms with van der Waals surface area (Å²) in [6.45, 7) is 2.18. The normalized spacial score (nSPS) is 11.4. The molecule has 6 heteroatoms. The number of para-hydroxylation sites is 1. The highest BCUT2D eigenvalue weighted by Crippen LogP contribution is 2.26. The monoisotopic (exact) mass is 371 g/mol. The maximum atomic E-state index is 12.6. The summed E-state index contributed by atoms with van der Waals surface area (Å²) in [5, 5.41) is 2.43. The molecule has 0 aromatic heterocycles. The summed E-state index contributed by atoms with van der Waals surface area (Å²) < 4.78 is 37.8. The van der Waals surface area contributed by atoms with Crippen molar-refractivity contribution in [2.24, 2.45) is 0 Å². The van der Waals surface area contributed by atoms with E-state index in [4.69, 9.17) is 0 Å². The van der Waals surface area contributed by atoms with E-state index in [2.05, 4.69) is 12.2 Å². The van der Waals surface area contributed by atoms with Crippen molar-refractivity contribution in [2.75, 3.05) is 5.32 Å². The summed E-state index contributed by atoms with van der Waals surface area (Å²) in [4.78, 5) is 23.4. The second-order valence-corrected chi connectivity index (χ2v) is 6.50. The average molecular weight is 371 g/mol. The van der Waals surface area contributed by atoms with Gasteiger partial charge in [-0.15, -0.1) is 0 Å². The standard InChI is InChI=1S/C20H28F3NO2/c1-2-3-4-5-6-7-8-9-10-15-18(25)24-17-14-12-11-13-16(17)19(26)20(21,22)23/h11-14H,2-10,15H2,1H3,(H,24,25). The number of nitrogens with one attached hydrogen (secondary N) is 1. The number of anilines is 1. The number of unbranched alkanes of at least 4 members (excludes halogenated alkanes) is 8. The van der Waals surface area contributed by atoms with Crippen LogP contribution < -0.4 is 5.32 Å². The smallest absolute Gasteiger partial charge is 0.325 e. The lowest BCUT2D eigenvalue weighted by Crippen LogP contribution is -2.24. The predicted octanol–water partition coefficient (Wildman–Crippen LogP) is 6.29. The zero-order chi connectivity index (χ0) is 19.4. The highest BCUT2D eigenvalue weighted by Gasteiger charge is 2.40. The van der Waals surface area contributed by atoms with Crippen LogP contribution in [0.4, 0.5) is 18.9 Å². The number of alkyl halides is 3. The molecule has 146 valence electrons. The Labute approximate surface area is 153 Å². The van der Waals surface area contributed by atoms with Gasteiger partial charge in [-0.25, -0.2) is 0 Å². The van der Waals surface area contributed by atoms with Gasteiger partial charge in [0.25, 0.3) is 5.78 Å². The zero-order valence-electron chi connectivity index (χ0n) is 15.3. The van der Waals surface area contributed by atoms with Gasteiger partial charge in [-0.3, -0.25) is 9.59 Å². The van der Waals surface area contributed by atoms with Gasteiger partial charge in [-0.2, -0.15) is 13.2 Å². The number of benzene rings is 1. The van der Waals surface area contributed by atoms with E-state index in [1.807, 2.05) is 0 Å². The Morgan fingerprint density at radius 3 is 2.00 bits per heavy atom. The summed E-state index contributed by atoms with van der Waals surface area (Å²) in [7, 11) is 0. The molecular formula is C20H28F3NO2. The van der Waals surface area contributed by atoms with Crippen molar-refractivity contribution >= 4 is 17.4 Å². The zero-order valence-corrected chi connectivity index (χ0v) is 15.3. The maximum Gasteiger partial charge on any atom is 0.454 e. The van der Waals surface area contributed by atoms with Gasteiger partial charge in [0.1, 0.15) is 0 Å². The molecule has 0 heterocycles. The number of amides is 1. The molecule has 0 spiro atoms. The Bertz CT molecular complexity index is 570. The number of hydrogen-bond donors (Lipinski definition) is 1. The fourth-order valence-electron chi connectivity index (χ4n) is 2.75. The van der Waals surface area contributed by atoms with Crippen molar-refractivity contribution in [1.29, 1.82) is 0 Å². The third-order valence-electron chi connectivity index (χ3n) is 4.21. The van der Waals surface area contributed by atoms with Crippen LogP contribution in [0.15, 0.2) is 24.3 Å². The molecule has 0 saturated heterocycles. The lowest BCUT2D eigenvalue weighted by Gasteiger charge is -2.11. The van der Waals surface area contributed by atoms with Crippen LogP contribution in [-0.2, 0) is 4.79 Å². The number of Topliss-reactive ketones (excluding diaryl/α,β-unsaturated/α-hetero) is 1. The highest BCUT2D eigenvalue weighted by atomic mass is 19.4. The number of rotatable bonds is 12. The molecule has 0 aliphatic rings. The third kappa shape index (κ3) is 8.50. The molecular weight excluding hydrogens is 343 g/mol. The van der Waals surface area contributed by atoms with Crippen molar-refractivity contribution in [3.05, 3.63) is 29.8 Å². The third-order valence-corrected chi connectivity index (χ3v) is 4.21. The fraction of sp³-hybridized carbons (Fsp3) is 0.600. The summed E-state index contributed by atoms with van der Waals surface area (Å²) in [5.41, 5.74) is -0.615. The van der Waals surface area contributed by atoms with E-state index >= 15 is 0 Å². The molecule has 0 aliphatic carbocycles. The van der Waals surface area contributed by atoms with Crippen molar-refractivity contribution in [3.63, 3.8) is 0 Å². The minimum absolute atomic E-state index is 0.0873. The minimum Gasteiger partial charge on any atom is -0.325 e. The summed E-state index contributed by atoms with van der Waals surface area (Å²) in [5.74, 6) is -2.31. The Balaban J connectivity index is 2.33. The number of carbonyl (C=O) groups excluding carboxylic acids is 2. The molecule has 0 radical (unpaired) electrons. The summed E-state index contributed by atoms with van der Waals surface area (Å²) in [6, 6.07) is 5.22. The van der Waals surface area contributed by atoms with E-state index in [-0.39, 0.29) is 18.0 Å². The molecule has 1 aromatic rings. The van der Waals surface area contributed by atoms with Gasteiger partial charge in [-0.1, -0.05) is 70.4 Å². The van der Waals surface area contributed by atoms with Gasteiger partial charge < -0.3 is 5.32 Å². The molecule has 1 rings (SSSR count). The largest absolute Gasteiger partial charge is 0.454 e. The van der Waals surface area contributed by atoms with Crippen LogP contribution in [0.2, 0.25) is 0 Å². The number of hydrogen-bond acceptors (Lipinski definition) is 2. The van der Waals surface area contributed by atoms with E-state index in [9.17, 15) is 22.8 Å². The number of ketones is 1. The quantitative estimate of drug-likeness (QED) is 0.347. The topological polar surface area (TPSA) is 46.2 Å². The second-order valence-electron chi connectivity index (χ2n) is 6.50. The van der Waals surface area contributed by atoms with Gasteiger partial charge in [0.05, 0.1) is 11.3 Å². The first-order valence-electron chi connectivity index (χ1n) is 9.36. The lowest BCUT2D eigenvalue weighted by atomic mass is 10.1. The second kappa shape index (κ2) is 11.7. The van der Waals surface area contributed by atoms with Gasteiger partial charge in [0.2, 0.25) is 5.91 Å². The van der Waals surface area contributed by atoms with E-state index in [1.165, 1.54) is 50.3 Å². The minimum atomic E-state index is -4.96. The highest BCUT2D eigenvalue weighted by molar-refractivity contribution is 6.07. The maximum absolute atomic E-state index is 12.6. The van der Waals surface area contributed by atoms with Gasteiger partial charge in [0, 0.05) is 6.42 Å². The van der Waals surface area contributed by atoms with E-state index < -0.39 is 17.5 Å².